The van der Waals surface area contributed by atoms with Gasteiger partial charge in [0.1, 0.15) is 5.75 Å². The summed E-state index contributed by atoms with van der Waals surface area (Å²) in [5, 5.41) is 5.35. The van der Waals surface area contributed by atoms with Crippen LogP contribution in [0.3, 0.4) is 0 Å². The summed E-state index contributed by atoms with van der Waals surface area (Å²) >= 11 is 1.79. The maximum Gasteiger partial charge on any atom is 0.118 e. The Kier molecular flexibility index (Phi) is 3.59. The molecule has 0 saturated carbocycles. The molecule has 0 aliphatic carbocycles. The molecule has 0 aliphatic heterocycles. The van der Waals surface area contributed by atoms with Crippen molar-refractivity contribution in [1.29, 1.82) is 0 Å². The molecule has 84 valence electrons. The van der Waals surface area contributed by atoms with E-state index in [1.54, 1.807) is 18.4 Å². The highest BCUT2D eigenvalue weighted by Gasteiger charge is 2.02. The lowest BCUT2D eigenvalue weighted by molar-refractivity contribution is 0.415. The Morgan fingerprint density at radius 1 is 1.19 bits per heavy atom. The van der Waals surface area contributed by atoms with E-state index in [4.69, 9.17) is 4.74 Å². The van der Waals surface area contributed by atoms with E-state index >= 15 is 0 Å². The number of nitrogens with one attached hydrogen (secondary N) is 1. The van der Waals surface area contributed by atoms with Crippen LogP contribution in [0.5, 0.6) is 5.75 Å². The van der Waals surface area contributed by atoms with Crippen molar-refractivity contribution in [3.05, 3.63) is 40.6 Å². The molecule has 2 rings (SSSR count). The Labute approximate surface area is 99.9 Å². The van der Waals surface area contributed by atoms with Crippen LogP contribution in [0.25, 0.3) is 11.1 Å². The van der Waals surface area contributed by atoms with E-state index in [0.717, 1.165) is 12.3 Å². The number of thiophene rings is 1. The molecule has 0 radical (unpaired) electrons. The van der Waals surface area contributed by atoms with Crippen molar-refractivity contribution in [2.45, 2.75) is 6.54 Å². The van der Waals surface area contributed by atoms with Crippen LogP contribution in [0.4, 0.5) is 0 Å². The van der Waals surface area contributed by atoms with Crippen LogP contribution in [0.15, 0.2) is 35.7 Å². The molecule has 1 N–H and O–H groups in total. The number of benzene rings is 1. The van der Waals surface area contributed by atoms with Gasteiger partial charge in [0.05, 0.1) is 7.11 Å². The van der Waals surface area contributed by atoms with Crippen molar-refractivity contribution in [3.8, 4) is 16.9 Å². The van der Waals surface area contributed by atoms with E-state index in [2.05, 4.69) is 28.9 Å². The molecule has 0 bridgehead atoms. The topological polar surface area (TPSA) is 21.3 Å². The van der Waals surface area contributed by atoms with Gasteiger partial charge >= 0.3 is 0 Å². The van der Waals surface area contributed by atoms with Crippen molar-refractivity contribution in [2.75, 3.05) is 14.2 Å². The molecule has 0 amide bonds. The van der Waals surface area contributed by atoms with Crippen LogP contribution < -0.4 is 10.1 Å². The van der Waals surface area contributed by atoms with E-state index in [-0.39, 0.29) is 0 Å². The number of ether oxygens (including phenoxy) is 1. The van der Waals surface area contributed by atoms with Crippen LogP contribution in [0, 0.1) is 0 Å². The first-order valence-electron chi connectivity index (χ1n) is 5.20. The minimum atomic E-state index is 0.898. The Balaban J connectivity index is 2.21. The van der Waals surface area contributed by atoms with Crippen LogP contribution in [0.1, 0.15) is 4.88 Å². The van der Waals surface area contributed by atoms with Crippen LogP contribution in [-0.2, 0) is 6.54 Å². The van der Waals surface area contributed by atoms with Gasteiger partial charge in [0.2, 0.25) is 0 Å². The van der Waals surface area contributed by atoms with E-state index in [1.807, 2.05) is 19.2 Å². The fourth-order valence-corrected chi connectivity index (χ4v) is 2.49. The Morgan fingerprint density at radius 3 is 2.56 bits per heavy atom. The number of rotatable bonds is 4. The molecule has 16 heavy (non-hydrogen) atoms. The Hall–Kier alpha value is -1.32. The van der Waals surface area contributed by atoms with Gasteiger partial charge < -0.3 is 10.1 Å². The van der Waals surface area contributed by atoms with Crippen LogP contribution >= 0.6 is 11.3 Å². The van der Waals surface area contributed by atoms with E-state index < -0.39 is 0 Å². The zero-order chi connectivity index (χ0) is 11.4. The molecular formula is C13H15NOS. The molecule has 0 unspecified atom stereocenters. The van der Waals surface area contributed by atoms with Gasteiger partial charge in [-0.1, -0.05) is 12.1 Å². The van der Waals surface area contributed by atoms with Gasteiger partial charge in [0, 0.05) is 11.4 Å². The molecule has 0 aliphatic rings. The highest BCUT2D eigenvalue weighted by Crippen LogP contribution is 2.27. The maximum atomic E-state index is 5.14. The van der Waals surface area contributed by atoms with E-state index in [9.17, 15) is 0 Å². The summed E-state index contributed by atoms with van der Waals surface area (Å²) in [5.74, 6) is 0.898. The summed E-state index contributed by atoms with van der Waals surface area (Å²) < 4.78 is 5.14. The molecular weight excluding hydrogens is 218 g/mol. The van der Waals surface area contributed by atoms with Gasteiger partial charge in [-0.15, -0.1) is 11.3 Å². The quantitative estimate of drug-likeness (QED) is 0.876. The number of hydrogen-bond donors (Lipinski definition) is 1. The minimum absolute atomic E-state index is 0.898. The third-order valence-electron chi connectivity index (χ3n) is 2.43. The Bertz CT molecular complexity index is 447. The average molecular weight is 233 g/mol. The first-order valence-corrected chi connectivity index (χ1v) is 6.08. The standard InChI is InChI=1S/C13H15NOS/c1-14-8-13-7-11(9-16-13)10-3-5-12(15-2)6-4-10/h3-7,9,14H,8H2,1-2H3. The molecule has 1 heterocycles. The van der Waals surface area contributed by atoms with Crippen LogP contribution in [0.2, 0.25) is 0 Å². The van der Waals surface area contributed by atoms with Crippen molar-refractivity contribution in [2.24, 2.45) is 0 Å². The predicted octanol–water partition coefficient (Wildman–Crippen LogP) is 3.14. The summed E-state index contributed by atoms with van der Waals surface area (Å²) in [5.41, 5.74) is 2.51. The summed E-state index contributed by atoms with van der Waals surface area (Å²) in [7, 11) is 3.65. The molecule has 0 spiro atoms. The first-order chi connectivity index (χ1) is 7.83. The number of hydrogen-bond acceptors (Lipinski definition) is 3. The normalized spacial score (nSPS) is 10.4. The second-order valence-corrected chi connectivity index (χ2v) is 4.56. The van der Waals surface area contributed by atoms with Gasteiger partial charge in [-0.2, -0.15) is 0 Å². The average Bonchev–Trinajstić information content (AvgIpc) is 2.78. The largest absolute Gasteiger partial charge is 0.497 e. The fraction of sp³-hybridized carbons (Fsp3) is 0.231. The van der Waals surface area contributed by atoms with Gasteiger partial charge in [-0.3, -0.25) is 0 Å². The summed E-state index contributed by atoms with van der Waals surface area (Å²) in [4.78, 5) is 1.35. The van der Waals surface area contributed by atoms with E-state index in [0.29, 0.717) is 0 Å². The zero-order valence-corrected chi connectivity index (χ0v) is 10.3. The maximum absolute atomic E-state index is 5.14. The highest BCUT2D eigenvalue weighted by atomic mass is 32.1. The summed E-state index contributed by atoms with van der Waals surface area (Å²) in [6.45, 7) is 0.931. The molecule has 0 fully saturated rings. The Morgan fingerprint density at radius 2 is 1.94 bits per heavy atom. The second-order valence-electron chi connectivity index (χ2n) is 3.56. The number of methoxy groups -OCH3 is 1. The SMILES string of the molecule is CNCc1cc(-c2ccc(OC)cc2)cs1. The summed E-state index contributed by atoms with van der Waals surface area (Å²) in [6.07, 6.45) is 0. The highest BCUT2D eigenvalue weighted by molar-refractivity contribution is 7.10. The zero-order valence-electron chi connectivity index (χ0n) is 9.49. The van der Waals surface area contributed by atoms with Crippen molar-refractivity contribution < 1.29 is 4.74 Å². The first kappa shape index (κ1) is 11.2. The van der Waals surface area contributed by atoms with Gasteiger partial charge in [-0.25, -0.2) is 0 Å². The molecule has 0 saturated heterocycles. The molecule has 0 atom stereocenters. The lowest BCUT2D eigenvalue weighted by atomic mass is 10.1. The minimum Gasteiger partial charge on any atom is -0.497 e. The lowest BCUT2D eigenvalue weighted by Gasteiger charge is -2.01. The second kappa shape index (κ2) is 5.14. The molecule has 3 heteroatoms. The molecule has 2 nitrogen and oxygen atoms in total. The third kappa shape index (κ3) is 2.43. The lowest BCUT2D eigenvalue weighted by Crippen LogP contribution is -2.02. The van der Waals surface area contributed by atoms with Crippen LogP contribution in [-0.4, -0.2) is 14.2 Å². The predicted molar refractivity (Wildman–Crippen MR) is 69.1 cm³/mol. The van der Waals surface area contributed by atoms with Crippen molar-refractivity contribution in [1.82, 2.24) is 5.32 Å². The fourth-order valence-electron chi connectivity index (χ4n) is 1.58. The van der Waals surface area contributed by atoms with Gasteiger partial charge in [0.15, 0.2) is 0 Å². The summed E-state index contributed by atoms with van der Waals surface area (Å²) in [6, 6.07) is 10.4. The molecule has 2 aromatic rings. The monoisotopic (exact) mass is 233 g/mol. The van der Waals surface area contributed by atoms with E-state index in [1.165, 1.54) is 16.0 Å². The van der Waals surface area contributed by atoms with Crippen molar-refractivity contribution >= 4 is 11.3 Å². The molecule has 1 aromatic carbocycles. The van der Waals surface area contributed by atoms with Gasteiger partial charge in [-0.05, 0) is 41.8 Å². The smallest absolute Gasteiger partial charge is 0.118 e. The van der Waals surface area contributed by atoms with Gasteiger partial charge in [0.25, 0.3) is 0 Å². The van der Waals surface area contributed by atoms with Crippen molar-refractivity contribution in [3.63, 3.8) is 0 Å². The molecule has 1 aromatic heterocycles. The third-order valence-corrected chi connectivity index (χ3v) is 3.36.